The molecule has 0 aliphatic carbocycles. The third kappa shape index (κ3) is 3.35. The van der Waals surface area contributed by atoms with Crippen LogP contribution in [0.5, 0.6) is 5.75 Å². The zero-order valence-corrected chi connectivity index (χ0v) is 10.4. The highest BCUT2D eigenvalue weighted by Crippen LogP contribution is 2.29. The molecule has 1 aromatic carbocycles. The molecule has 1 unspecified atom stereocenters. The molecular formula is C12H17ClFNO. The number of halogens is 2. The van der Waals surface area contributed by atoms with Gasteiger partial charge < -0.3 is 10.5 Å². The Hall–Kier alpha value is -0.800. The third-order valence-electron chi connectivity index (χ3n) is 2.37. The van der Waals surface area contributed by atoms with Gasteiger partial charge in [-0.2, -0.15) is 0 Å². The van der Waals surface area contributed by atoms with Crippen LogP contribution >= 0.6 is 11.6 Å². The summed E-state index contributed by atoms with van der Waals surface area (Å²) < 4.78 is 18.7. The highest BCUT2D eigenvalue weighted by molar-refractivity contribution is 6.32. The second-order valence-corrected chi connectivity index (χ2v) is 4.10. The minimum absolute atomic E-state index is 0.0356. The molecule has 0 spiro atoms. The molecule has 90 valence electrons. The molecule has 1 rings (SSSR count). The Morgan fingerprint density at radius 1 is 1.44 bits per heavy atom. The van der Waals surface area contributed by atoms with E-state index < -0.39 is 5.82 Å². The molecule has 0 amide bonds. The maximum absolute atomic E-state index is 13.6. The van der Waals surface area contributed by atoms with Crippen LogP contribution in [0.2, 0.25) is 5.02 Å². The Kier molecular flexibility index (Phi) is 5.03. The first-order chi connectivity index (χ1) is 7.58. The van der Waals surface area contributed by atoms with Gasteiger partial charge in [0.05, 0.1) is 11.6 Å². The highest BCUT2D eigenvalue weighted by Gasteiger charge is 2.12. The molecule has 2 N–H and O–H groups in total. The summed E-state index contributed by atoms with van der Waals surface area (Å²) >= 11 is 5.93. The first-order valence-corrected chi connectivity index (χ1v) is 5.82. The van der Waals surface area contributed by atoms with Crippen LogP contribution in [0.25, 0.3) is 0 Å². The largest absolute Gasteiger partial charge is 0.489 e. The van der Waals surface area contributed by atoms with Crippen molar-refractivity contribution in [3.63, 3.8) is 0 Å². The molecular weight excluding hydrogens is 229 g/mol. The van der Waals surface area contributed by atoms with Crippen LogP contribution in [0.15, 0.2) is 12.1 Å². The second-order valence-electron chi connectivity index (χ2n) is 3.69. The molecule has 0 bridgehead atoms. The summed E-state index contributed by atoms with van der Waals surface area (Å²) in [5.41, 5.74) is 6.61. The van der Waals surface area contributed by atoms with Crippen molar-refractivity contribution in [2.75, 3.05) is 6.61 Å². The fraction of sp³-hybridized carbons (Fsp3) is 0.500. The normalized spacial score (nSPS) is 12.6. The van der Waals surface area contributed by atoms with Crippen molar-refractivity contribution in [2.45, 2.75) is 32.7 Å². The quantitative estimate of drug-likeness (QED) is 0.865. The van der Waals surface area contributed by atoms with E-state index in [-0.39, 0.29) is 11.8 Å². The monoisotopic (exact) mass is 245 g/mol. The molecule has 0 aliphatic heterocycles. The van der Waals surface area contributed by atoms with E-state index in [0.29, 0.717) is 18.1 Å². The van der Waals surface area contributed by atoms with Gasteiger partial charge in [0.15, 0.2) is 11.6 Å². The van der Waals surface area contributed by atoms with E-state index in [1.807, 2.05) is 6.92 Å². The number of benzene rings is 1. The van der Waals surface area contributed by atoms with Crippen LogP contribution < -0.4 is 10.5 Å². The van der Waals surface area contributed by atoms with Crippen molar-refractivity contribution in [2.24, 2.45) is 5.73 Å². The average Bonchev–Trinajstić information content (AvgIpc) is 2.23. The summed E-state index contributed by atoms with van der Waals surface area (Å²) in [6, 6.07) is 3.19. The van der Waals surface area contributed by atoms with Crippen molar-refractivity contribution in [3.8, 4) is 5.75 Å². The first-order valence-electron chi connectivity index (χ1n) is 5.44. The highest BCUT2D eigenvalue weighted by atomic mass is 35.5. The summed E-state index contributed by atoms with van der Waals surface area (Å²) in [7, 11) is 0. The summed E-state index contributed by atoms with van der Waals surface area (Å²) in [6.45, 7) is 4.18. The van der Waals surface area contributed by atoms with E-state index in [0.717, 1.165) is 12.0 Å². The number of nitrogens with two attached hydrogens (primary N) is 1. The van der Waals surface area contributed by atoms with Crippen molar-refractivity contribution >= 4 is 11.6 Å². The smallest absolute Gasteiger partial charge is 0.173 e. The molecule has 0 aromatic heterocycles. The van der Waals surface area contributed by atoms with E-state index in [1.165, 1.54) is 6.07 Å². The van der Waals surface area contributed by atoms with Crippen LogP contribution in [0, 0.1) is 5.82 Å². The summed E-state index contributed by atoms with van der Waals surface area (Å²) in [4.78, 5) is 0. The number of ether oxygens (including phenoxy) is 1. The lowest BCUT2D eigenvalue weighted by Gasteiger charge is -2.12. The van der Waals surface area contributed by atoms with E-state index in [9.17, 15) is 4.39 Å². The van der Waals surface area contributed by atoms with Gasteiger partial charge in [-0.3, -0.25) is 0 Å². The molecule has 1 aromatic rings. The van der Waals surface area contributed by atoms with Crippen molar-refractivity contribution in [3.05, 3.63) is 28.5 Å². The minimum atomic E-state index is -0.423. The maximum atomic E-state index is 13.6. The van der Waals surface area contributed by atoms with E-state index in [1.54, 1.807) is 13.0 Å². The molecule has 0 saturated carbocycles. The lowest BCUT2D eigenvalue weighted by Crippen LogP contribution is -2.21. The van der Waals surface area contributed by atoms with Gasteiger partial charge in [-0.1, -0.05) is 18.5 Å². The van der Waals surface area contributed by atoms with Gasteiger partial charge in [0.2, 0.25) is 0 Å². The van der Waals surface area contributed by atoms with Crippen molar-refractivity contribution in [1.82, 2.24) is 0 Å². The molecule has 0 radical (unpaired) electrons. The standard InChI is InChI=1S/C12H17ClFNO/c1-3-9(15)5-8-6-10(13)12(16-4-2)11(14)7-8/h6-7,9H,3-5,15H2,1-2H3. The number of hydrogen-bond donors (Lipinski definition) is 1. The van der Waals surface area contributed by atoms with Crippen LogP contribution in [0.1, 0.15) is 25.8 Å². The van der Waals surface area contributed by atoms with E-state index >= 15 is 0 Å². The molecule has 4 heteroatoms. The van der Waals surface area contributed by atoms with Gasteiger partial charge in [0, 0.05) is 6.04 Å². The SMILES string of the molecule is CCOc1c(F)cc(CC(N)CC)cc1Cl. The summed E-state index contributed by atoms with van der Waals surface area (Å²) in [6.07, 6.45) is 1.48. The Labute approximate surface area is 101 Å². The second kappa shape index (κ2) is 6.06. The summed E-state index contributed by atoms with van der Waals surface area (Å²) in [5.74, 6) is -0.300. The van der Waals surface area contributed by atoms with Crippen LogP contribution in [-0.2, 0) is 6.42 Å². The predicted octanol–water partition coefficient (Wildman–Crippen LogP) is 3.16. The van der Waals surface area contributed by atoms with Gasteiger partial charge in [0.25, 0.3) is 0 Å². The molecule has 0 aliphatic rings. The Bertz CT molecular complexity index is 334. The average molecular weight is 246 g/mol. The lowest BCUT2D eigenvalue weighted by atomic mass is 10.0. The van der Waals surface area contributed by atoms with Crippen molar-refractivity contribution < 1.29 is 9.13 Å². The van der Waals surface area contributed by atoms with Gasteiger partial charge in [-0.25, -0.2) is 4.39 Å². The van der Waals surface area contributed by atoms with Gasteiger partial charge in [0.1, 0.15) is 0 Å². The fourth-order valence-electron chi connectivity index (χ4n) is 1.46. The predicted molar refractivity (Wildman–Crippen MR) is 64.5 cm³/mol. The zero-order valence-electron chi connectivity index (χ0n) is 9.59. The van der Waals surface area contributed by atoms with Gasteiger partial charge in [-0.05, 0) is 37.5 Å². The Morgan fingerprint density at radius 2 is 2.12 bits per heavy atom. The molecule has 0 saturated heterocycles. The zero-order chi connectivity index (χ0) is 12.1. The molecule has 0 fully saturated rings. The van der Waals surface area contributed by atoms with Gasteiger partial charge >= 0.3 is 0 Å². The topological polar surface area (TPSA) is 35.2 Å². The summed E-state index contributed by atoms with van der Waals surface area (Å²) in [5, 5.41) is 0.306. The molecule has 0 heterocycles. The van der Waals surface area contributed by atoms with Gasteiger partial charge in [-0.15, -0.1) is 0 Å². The molecule has 2 nitrogen and oxygen atoms in total. The Balaban J connectivity index is 2.91. The van der Waals surface area contributed by atoms with Crippen LogP contribution in [0.3, 0.4) is 0 Å². The lowest BCUT2D eigenvalue weighted by molar-refractivity contribution is 0.321. The minimum Gasteiger partial charge on any atom is -0.489 e. The van der Waals surface area contributed by atoms with Crippen LogP contribution in [0.4, 0.5) is 4.39 Å². The Morgan fingerprint density at radius 3 is 2.62 bits per heavy atom. The third-order valence-corrected chi connectivity index (χ3v) is 2.65. The molecule has 16 heavy (non-hydrogen) atoms. The molecule has 1 atom stereocenters. The van der Waals surface area contributed by atoms with Crippen LogP contribution in [-0.4, -0.2) is 12.6 Å². The van der Waals surface area contributed by atoms with E-state index in [4.69, 9.17) is 22.1 Å². The number of hydrogen-bond acceptors (Lipinski definition) is 2. The number of rotatable bonds is 5. The maximum Gasteiger partial charge on any atom is 0.173 e. The van der Waals surface area contributed by atoms with E-state index in [2.05, 4.69) is 0 Å². The van der Waals surface area contributed by atoms with Crippen molar-refractivity contribution in [1.29, 1.82) is 0 Å². The fourth-order valence-corrected chi connectivity index (χ4v) is 1.74. The first kappa shape index (κ1) is 13.3.